The van der Waals surface area contributed by atoms with Gasteiger partial charge in [-0.15, -0.1) is 0 Å². The third-order valence-corrected chi connectivity index (χ3v) is 2.72. The van der Waals surface area contributed by atoms with Gasteiger partial charge < -0.3 is 10.2 Å². The summed E-state index contributed by atoms with van der Waals surface area (Å²) in [4.78, 5) is 21.5. The van der Waals surface area contributed by atoms with Gasteiger partial charge in [0, 0.05) is 5.56 Å². The van der Waals surface area contributed by atoms with Crippen molar-refractivity contribution < 1.29 is 28.6 Å². The summed E-state index contributed by atoms with van der Waals surface area (Å²) < 4.78 is 27.2. The summed E-state index contributed by atoms with van der Waals surface area (Å²) in [6.45, 7) is 0. The molecule has 0 heterocycles. The summed E-state index contributed by atoms with van der Waals surface area (Å²) in [6, 6.07) is 6.18. The predicted molar refractivity (Wildman–Crippen MR) is 65.7 cm³/mol. The normalized spacial score (nSPS) is 10.3. The minimum Gasteiger partial charge on any atom is -0.478 e. The highest BCUT2D eigenvalue weighted by atomic mass is 19.1. The van der Waals surface area contributed by atoms with Crippen molar-refractivity contribution >= 4 is 11.9 Å². The Balaban J connectivity index is 2.56. The van der Waals surface area contributed by atoms with Crippen molar-refractivity contribution in [2.24, 2.45) is 0 Å². The Hall–Kier alpha value is -2.76. The molecule has 0 unspecified atom stereocenters. The first-order valence-electron chi connectivity index (χ1n) is 5.46. The maximum absolute atomic E-state index is 13.7. The molecule has 0 fully saturated rings. The molecule has 0 amide bonds. The average molecular weight is 278 g/mol. The number of carboxylic acid groups (broad SMARTS) is 2. The van der Waals surface area contributed by atoms with E-state index in [0.29, 0.717) is 0 Å². The molecule has 6 heteroatoms. The smallest absolute Gasteiger partial charge is 0.338 e. The van der Waals surface area contributed by atoms with Crippen molar-refractivity contribution in [1.29, 1.82) is 0 Å². The molecule has 0 bridgehead atoms. The van der Waals surface area contributed by atoms with Gasteiger partial charge in [-0.1, -0.05) is 6.07 Å². The Morgan fingerprint density at radius 1 is 0.850 bits per heavy atom. The first-order valence-corrected chi connectivity index (χ1v) is 5.46. The van der Waals surface area contributed by atoms with Gasteiger partial charge in [0.05, 0.1) is 11.1 Å². The molecule has 102 valence electrons. The predicted octanol–water partition coefficient (Wildman–Crippen LogP) is 3.03. The van der Waals surface area contributed by atoms with Gasteiger partial charge in [-0.3, -0.25) is 0 Å². The molecule has 4 nitrogen and oxygen atoms in total. The van der Waals surface area contributed by atoms with Gasteiger partial charge in [0.15, 0.2) is 0 Å². The molecule has 20 heavy (non-hydrogen) atoms. The summed E-state index contributed by atoms with van der Waals surface area (Å²) in [5, 5.41) is 17.6. The number of halogens is 2. The van der Waals surface area contributed by atoms with Gasteiger partial charge in [-0.2, -0.15) is 0 Å². The second kappa shape index (κ2) is 5.08. The van der Waals surface area contributed by atoms with E-state index in [1.807, 2.05) is 0 Å². The summed E-state index contributed by atoms with van der Waals surface area (Å²) in [5.41, 5.74) is -0.735. The van der Waals surface area contributed by atoms with Gasteiger partial charge in [-0.05, 0) is 35.9 Å². The zero-order chi connectivity index (χ0) is 14.9. The van der Waals surface area contributed by atoms with Crippen molar-refractivity contribution in [3.05, 3.63) is 59.2 Å². The van der Waals surface area contributed by atoms with Crippen LogP contribution in [0.25, 0.3) is 11.1 Å². The van der Waals surface area contributed by atoms with E-state index >= 15 is 0 Å². The molecule has 0 aliphatic carbocycles. The van der Waals surface area contributed by atoms with Crippen LogP contribution in [0.1, 0.15) is 20.7 Å². The van der Waals surface area contributed by atoms with Crippen molar-refractivity contribution in [2.75, 3.05) is 0 Å². The summed E-state index contributed by atoms with van der Waals surface area (Å²) in [6.07, 6.45) is 0. The SMILES string of the molecule is O=C(O)c1ccc(F)c(-c2ccc(C(=O)O)c(F)c2)c1. The van der Waals surface area contributed by atoms with Crippen LogP contribution in [0.5, 0.6) is 0 Å². The first-order chi connectivity index (χ1) is 9.40. The number of carbonyl (C=O) groups is 2. The minimum atomic E-state index is -1.44. The van der Waals surface area contributed by atoms with E-state index in [4.69, 9.17) is 10.2 Å². The van der Waals surface area contributed by atoms with Crippen LogP contribution < -0.4 is 0 Å². The van der Waals surface area contributed by atoms with Gasteiger partial charge in [-0.25, -0.2) is 18.4 Å². The van der Waals surface area contributed by atoms with E-state index < -0.39 is 29.1 Å². The molecule has 0 aliphatic rings. The molecule has 2 rings (SSSR count). The average Bonchev–Trinajstić information content (AvgIpc) is 2.38. The van der Waals surface area contributed by atoms with Gasteiger partial charge in [0.25, 0.3) is 0 Å². The van der Waals surface area contributed by atoms with Crippen molar-refractivity contribution in [1.82, 2.24) is 0 Å². The molecule has 0 atom stereocenters. The molecule has 0 saturated carbocycles. The Bertz CT molecular complexity index is 710. The molecular weight excluding hydrogens is 270 g/mol. The summed E-state index contributed by atoms with van der Waals surface area (Å²) >= 11 is 0. The Morgan fingerprint density at radius 2 is 1.55 bits per heavy atom. The Kier molecular flexibility index (Phi) is 3.47. The maximum Gasteiger partial charge on any atom is 0.338 e. The van der Waals surface area contributed by atoms with Crippen LogP contribution in [0.3, 0.4) is 0 Å². The van der Waals surface area contributed by atoms with Crippen LogP contribution >= 0.6 is 0 Å². The molecule has 2 N–H and O–H groups in total. The molecule has 2 aromatic rings. The highest BCUT2D eigenvalue weighted by molar-refractivity contribution is 5.90. The molecule has 0 radical (unpaired) electrons. The van der Waals surface area contributed by atoms with Crippen LogP contribution in [-0.4, -0.2) is 22.2 Å². The molecule has 2 aromatic carbocycles. The Labute approximate surface area is 111 Å². The van der Waals surface area contributed by atoms with E-state index in [0.717, 1.165) is 30.3 Å². The number of hydrogen-bond acceptors (Lipinski definition) is 2. The second-order valence-corrected chi connectivity index (χ2v) is 4.00. The number of benzene rings is 2. The van der Waals surface area contributed by atoms with Gasteiger partial charge >= 0.3 is 11.9 Å². The highest BCUT2D eigenvalue weighted by Gasteiger charge is 2.14. The van der Waals surface area contributed by atoms with Crippen LogP contribution in [0, 0.1) is 11.6 Å². The fourth-order valence-electron chi connectivity index (χ4n) is 1.74. The summed E-state index contributed by atoms with van der Waals surface area (Å²) in [5.74, 6) is -4.42. The molecule has 0 aliphatic heterocycles. The lowest BCUT2D eigenvalue weighted by Crippen LogP contribution is -2.01. The third-order valence-electron chi connectivity index (χ3n) is 2.72. The van der Waals surface area contributed by atoms with Crippen LogP contribution in [-0.2, 0) is 0 Å². The van der Waals surface area contributed by atoms with Gasteiger partial charge in [0.1, 0.15) is 11.6 Å². The first kappa shape index (κ1) is 13.7. The lowest BCUT2D eigenvalue weighted by Gasteiger charge is -2.06. The highest BCUT2D eigenvalue weighted by Crippen LogP contribution is 2.26. The van der Waals surface area contributed by atoms with Crippen molar-refractivity contribution in [2.45, 2.75) is 0 Å². The van der Waals surface area contributed by atoms with Crippen LogP contribution in [0.2, 0.25) is 0 Å². The lowest BCUT2D eigenvalue weighted by molar-refractivity contribution is 0.0683. The Morgan fingerprint density at radius 3 is 2.10 bits per heavy atom. The quantitative estimate of drug-likeness (QED) is 0.905. The number of hydrogen-bond donors (Lipinski definition) is 2. The monoisotopic (exact) mass is 278 g/mol. The number of rotatable bonds is 3. The minimum absolute atomic E-state index is 0.0631. The van der Waals surface area contributed by atoms with Gasteiger partial charge in [0.2, 0.25) is 0 Å². The van der Waals surface area contributed by atoms with Crippen molar-refractivity contribution in [3.8, 4) is 11.1 Å². The third kappa shape index (κ3) is 2.49. The van der Waals surface area contributed by atoms with E-state index in [1.54, 1.807) is 0 Å². The molecule has 0 spiro atoms. The zero-order valence-corrected chi connectivity index (χ0v) is 9.93. The molecular formula is C14H8F2O4. The second-order valence-electron chi connectivity index (χ2n) is 4.00. The topological polar surface area (TPSA) is 74.6 Å². The molecule has 0 saturated heterocycles. The van der Waals surface area contributed by atoms with E-state index in [1.165, 1.54) is 6.07 Å². The van der Waals surface area contributed by atoms with Crippen molar-refractivity contribution in [3.63, 3.8) is 0 Å². The fourth-order valence-corrected chi connectivity index (χ4v) is 1.74. The number of aromatic carboxylic acids is 2. The zero-order valence-electron chi connectivity index (χ0n) is 9.93. The van der Waals surface area contributed by atoms with E-state index in [-0.39, 0.29) is 16.7 Å². The van der Waals surface area contributed by atoms with Crippen LogP contribution in [0.15, 0.2) is 36.4 Å². The van der Waals surface area contributed by atoms with E-state index in [2.05, 4.69) is 0 Å². The van der Waals surface area contributed by atoms with E-state index in [9.17, 15) is 18.4 Å². The number of carboxylic acids is 2. The summed E-state index contributed by atoms with van der Waals surface area (Å²) in [7, 11) is 0. The largest absolute Gasteiger partial charge is 0.478 e. The fraction of sp³-hybridized carbons (Fsp3) is 0. The maximum atomic E-state index is 13.7. The molecule has 0 aromatic heterocycles. The van der Waals surface area contributed by atoms with Crippen LogP contribution in [0.4, 0.5) is 8.78 Å². The standard InChI is InChI=1S/C14H8F2O4/c15-11-4-2-8(13(17)18)5-10(11)7-1-3-9(14(19)20)12(16)6-7/h1-6H,(H,17,18)(H,19,20). The lowest BCUT2D eigenvalue weighted by atomic mass is 10.0.